The van der Waals surface area contributed by atoms with Gasteiger partial charge >= 0.3 is 0 Å². The molecular formula is C6H10N4S3. The van der Waals surface area contributed by atoms with Gasteiger partial charge in [-0.3, -0.25) is 10.5 Å². The van der Waals surface area contributed by atoms with Crippen LogP contribution in [0.15, 0.2) is 4.34 Å². The molecule has 0 unspecified atom stereocenters. The molecule has 0 spiro atoms. The summed E-state index contributed by atoms with van der Waals surface area (Å²) in [5.74, 6) is 1.17. The molecule has 72 valence electrons. The fourth-order valence-corrected chi connectivity index (χ4v) is 2.79. The SMILES string of the molecule is N=C(N)CCCSc1n[nH]c(=S)s1. The summed E-state index contributed by atoms with van der Waals surface area (Å²) in [4.78, 5) is 0. The lowest BCUT2D eigenvalue weighted by Crippen LogP contribution is -2.08. The molecule has 1 aromatic rings. The molecule has 0 saturated heterocycles. The minimum absolute atomic E-state index is 0.246. The number of amidine groups is 1. The molecule has 1 rings (SSSR count). The average Bonchev–Trinajstić information content (AvgIpc) is 2.45. The standard InChI is InChI=1S/C6H10N4S3/c7-4(8)2-1-3-12-6-10-9-5(11)13-6/h1-3H2,(H3,7,8)(H,9,11). The van der Waals surface area contributed by atoms with Crippen LogP contribution in [0.2, 0.25) is 0 Å². The van der Waals surface area contributed by atoms with Gasteiger partial charge in [-0.1, -0.05) is 23.1 Å². The van der Waals surface area contributed by atoms with Gasteiger partial charge < -0.3 is 5.73 Å². The van der Waals surface area contributed by atoms with Crippen LogP contribution in [0.1, 0.15) is 12.8 Å². The second-order valence-electron chi connectivity index (χ2n) is 2.36. The van der Waals surface area contributed by atoms with Crippen molar-refractivity contribution in [3.8, 4) is 0 Å². The van der Waals surface area contributed by atoms with E-state index in [1.54, 1.807) is 11.8 Å². The molecule has 0 fully saturated rings. The summed E-state index contributed by atoms with van der Waals surface area (Å²) in [7, 11) is 0. The van der Waals surface area contributed by atoms with Crippen molar-refractivity contribution < 1.29 is 0 Å². The predicted molar refractivity (Wildman–Crippen MR) is 59.2 cm³/mol. The van der Waals surface area contributed by atoms with Crippen LogP contribution in [-0.2, 0) is 0 Å². The minimum atomic E-state index is 0.246. The number of nitrogens with zero attached hydrogens (tertiary/aromatic N) is 1. The molecule has 0 aliphatic carbocycles. The molecule has 4 N–H and O–H groups in total. The second kappa shape index (κ2) is 5.36. The van der Waals surface area contributed by atoms with Gasteiger partial charge in [0.1, 0.15) is 0 Å². The summed E-state index contributed by atoms with van der Waals surface area (Å²) in [5, 5.41) is 13.7. The lowest BCUT2D eigenvalue weighted by atomic mass is 10.3. The summed E-state index contributed by atoms with van der Waals surface area (Å²) < 4.78 is 1.66. The van der Waals surface area contributed by atoms with Crippen molar-refractivity contribution in [3.05, 3.63) is 3.95 Å². The number of aromatic amines is 1. The van der Waals surface area contributed by atoms with E-state index in [0.717, 1.165) is 16.5 Å². The van der Waals surface area contributed by atoms with E-state index in [0.29, 0.717) is 10.4 Å². The zero-order valence-corrected chi connectivity index (χ0v) is 9.32. The molecule has 0 aliphatic rings. The normalized spacial score (nSPS) is 10.2. The highest BCUT2D eigenvalue weighted by Crippen LogP contribution is 2.20. The number of nitrogens with one attached hydrogen (secondary N) is 2. The lowest BCUT2D eigenvalue weighted by Gasteiger charge is -1.95. The minimum Gasteiger partial charge on any atom is -0.388 e. The molecule has 4 nitrogen and oxygen atoms in total. The Bertz CT molecular complexity index is 329. The zero-order valence-electron chi connectivity index (χ0n) is 6.87. The van der Waals surface area contributed by atoms with Gasteiger partial charge in [-0.25, -0.2) is 0 Å². The Morgan fingerprint density at radius 3 is 3.08 bits per heavy atom. The third-order valence-electron chi connectivity index (χ3n) is 1.23. The molecule has 1 heterocycles. The number of nitrogens with two attached hydrogens (primary N) is 1. The third-order valence-corrected chi connectivity index (χ3v) is 3.55. The number of thioether (sulfide) groups is 1. The number of aromatic nitrogens is 2. The predicted octanol–water partition coefficient (Wildman–Crippen LogP) is 2.01. The van der Waals surface area contributed by atoms with Gasteiger partial charge in [0.2, 0.25) is 0 Å². The van der Waals surface area contributed by atoms with E-state index >= 15 is 0 Å². The quantitative estimate of drug-likeness (QED) is 0.239. The monoisotopic (exact) mass is 234 g/mol. The van der Waals surface area contributed by atoms with E-state index in [1.165, 1.54) is 11.3 Å². The molecular weight excluding hydrogens is 224 g/mol. The maximum absolute atomic E-state index is 7.01. The smallest absolute Gasteiger partial charge is 0.177 e. The first-order valence-corrected chi connectivity index (χ1v) is 5.90. The van der Waals surface area contributed by atoms with Crippen molar-refractivity contribution in [3.63, 3.8) is 0 Å². The van der Waals surface area contributed by atoms with Crippen molar-refractivity contribution in [2.24, 2.45) is 5.73 Å². The van der Waals surface area contributed by atoms with Gasteiger partial charge in [-0.05, 0) is 18.6 Å². The first-order chi connectivity index (χ1) is 6.18. The molecule has 7 heteroatoms. The Hall–Kier alpha value is -0.400. The molecule has 0 amide bonds. The molecule has 0 bridgehead atoms. The van der Waals surface area contributed by atoms with Crippen molar-refractivity contribution in [1.29, 1.82) is 5.41 Å². The lowest BCUT2D eigenvalue weighted by molar-refractivity contribution is 0.974. The summed E-state index contributed by atoms with van der Waals surface area (Å²) in [6, 6.07) is 0. The Kier molecular flexibility index (Phi) is 4.40. The highest BCUT2D eigenvalue weighted by molar-refractivity contribution is 8.01. The summed E-state index contributed by atoms with van der Waals surface area (Å²) >= 11 is 8.00. The zero-order chi connectivity index (χ0) is 9.68. The Labute approximate surface area is 89.4 Å². The van der Waals surface area contributed by atoms with Gasteiger partial charge in [0, 0.05) is 12.2 Å². The maximum Gasteiger partial charge on any atom is 0.177 e. The van der Waals surface area contributed by atoms with Crippen LogP contribution in [-0.4, -0.2) is 21.8 Å². The summed E-state index contributed by atoms with van der Waals surface area (Å²) in [5.41, 5.74) is 5.21. The second-order valence-corrected chi connectivity index (χ2v) is 5.36. The van der Waals surface area contributed by atoms with Crippen molar-refractivity contribution >= 4 is 41.2 Å². The van der Waals surface area contributed by atoms with Crippen LogP contribution < -0.4 is 5.73 Å². The van der Waals surface area contributed by atoms with Gasteiger partial charge in [0.15, 0.2) is 8.29 Å². The molecule has 1 aromatic heterocycles. The van der Waals surface area contributed by atoms with Gasteiger partial charge in [0.05, 0.1) is 5.84 Å². The van der Waals surface area contributed by atoms with Crippen LogP contribution in [0.5, 0.6) is 0 Å². The number of rotatable bonds is 5. The number of hydrogen-bond acceptors (Lipinski definition) is 5. The van der Waals surface area contributed by atoms with E-state index < -0.39 is 0 Å². The molecule has 0 aromatic carbocycles. The summed E-state index contributed by atoms with van der Waals surface area (Å²) in [6.45, 7) is 0. The first-order valence-electron chi connectivity index (χ1n) is 3.69. The van der Waals surface area contributed by atoms with Crippen molar-refractivity contribution in [1.82, 2.24) is 10.2 Å². The molecule has 0 saturated carbocycles. The van der Waals surface area contributed by atoms with Crippen LogP contribution in [0.4, 0.5) is 0 Å². The highest BCUT2D eigenvalue weighted by atomic mass is 32.2. The fraction of sp³-hybridized carbons (Fsp3) is 0.500. The largest absolute Gasteiger partial charge is 0.388 e. The Morgan fingerprint density at radius 1 is 1.77 bits per heavy atom. The third kappa shape index (κ3) is 4.39. The highest BCUT2D eigenvalue weighted by Gasteiger charge is 1.98. The molecule has 0 aliphatic heterocycles. The van der Waals surface area contributed by atoms with Crippen molar-refractivity contribution in [2.45, 2.75) is 17.2 Å². The first kappa shape index (κ1) is 10.7. The van der Waals surface area contributed by atoms with Gasteiger partial charge in [0.25, 0.3) is 0 Å². The maximum atomic E-state index is 7.01. The van der Waals surface area contributed by atoms with Crippen LogP contribution >= 0.6 is 35.3 Å². The van der Waals surface area contributed by atoms with Crippen molar-refractivity contribution in [2.75, 3.05) is 5.75 Å². The molecule has 0 radical (unpaired) electrons. The van der Waals surface area contributed by atoms with E-state index in [1.807, 2.05) is 0 Å². The van der Waals surface area contributed by atoms with E-state index in [9.17, 15) is 0 Å². The van der Waals surface area contributed by atoms with E-state index in [2.05, 4.69) is 10.2 Å². The van der Waals surface area contributed by atoms with Crippen LogP contribution in [0.25, 0.3) is 0 Å². The van der Waals surface area contributed by atoms with E-state index in [4.69, 9.17) is 23.4 Å². The molecule has 13 heavy (non-hydrogen) atoms. The summed E-state index contributed by atoms with van der Waals surface area (Å²) in [6.07, 6.45) is 1.56. The fourth-order valence-electron chi connectivity index (χ4n) is 0.700. The Morgan fingerprint density at radius 2 is 2.54 bits per heavy atom. The average molecular weight is 234 g/mol. The van der Waals surface area contributed by atoms with Crippen LogP contribution in [0.3, 0.4) is 0 Å². The number of H-pyrrole nitrogens is 1. The Balaban J connectivity index is 2.20. The van der Waals surface area contributed by atoms with Gasteiger partial charge in [-0.15, -0.1) is 0 Å². The van der Waals surface area contributed by atoms with E-state index in [-0.39, 0.29) is 5.84 Å². The molecule has 0 atom stereocenters. The number of hydrogen-bond donors (Lipinski definition) is 3. The topological polar surface area (TPSA) is 78.6 Å². The van der Waals surface area contributed by atoms with Gasteiger partial charge in [-0.2, -0.15) is 5.10 Å². The van der Waals surface area contributed by atoms with Crippen LogP contribution in [0, 0.1) is 9.36 Å².